The fraction of sp³-hybridized carbons (Fsp3) is 0.353. The Morgan fingerprint density at radius 2 is 1.92 bits per heavy atom. The van der Waals surface area contributed by atoms with Gasteiger partial charge in [-0.25, -0.2) is 13.4 Å². The van der Waals surface area contributed by atoms with Crippen LogP contribution in [0.5, 0.6) is 11.5 Å². The molecule has 0 amide bonds. The quantitative estimate of drug-likeness (QED) is 0.708. The molecule has 25 heavy (non-hydrogen) atoms. The summed E-state index contributed by atoms with van der Waals surface area (Å²) in [5.74, 6) is 1.71. The number of nitrogens with one attached hydrogen (secondary N) is 2. The standard InChI is InChI=1S/C17H23N3O4S/c1-4-5-10-25(21,22)20-17-9-6-13(12-18-17)19-15-8-7-14(23-2)11-16(15)24-3/h6-9,11-12,19H,4-5,10H2,1-3H3,(H,18,20). The lowest BCUT2D eigenvalue weighted by atomic mass is 10.2. The molecule has 0 radical (unpaired) electrons. The van der Waals surface area contributed by atoms with Crippen molar-refractivity contribution >= 4 is 27.2 Å². The number of aromatic nitrogens is 1. The number of nitrogens with zero attached hydrogens (tertiary/aromatic N) is 1. The Hall–Kier alpha value is -2.48. The van der Waals surface area contributed by atoms with E-state index in [9.17, 15) is 8.42 Å². The summed E-state index contributed by atoms with van der Waals surface area (Å²) in [7, 11) is -0.189. The van der Waals surface area contributed by atoms with Crippen LogP contribution < -0.4 is 19.5 Å². The lowest BCUT2D eigenvalue weighted by Gasteiger charge is -2.13. The zero-order valence-corrected chi connectivity index (χ0v) is 15.4. The molecular weight excluding hydrogens is 342 g/mol. The Morgan fingerprint density at radius 3 is 2.52 bits per heavy atom. The minimum atomic E-state index is -3.35. The van der Waals surface area contributed by atoms with Gasteiger partial charge in [0.2, 0.25) is 10.0 Å². The highest BCUT2D eigenvalue weighted by Crippen LogP contribution is 2.31. The molecular formula is C17H23N3O4S. The van der Waals surface area contributed by atoms with Crippen LogP contribution in [-0.4, -0.2) is 33.4 Å². The number of hydrogen-bond acceptors (Lipinski definition) is 6. The number of rotatable bonds is 9. The Bertz CT molecular complexity index is 792. The van der Waals surface area contributed by atoms with E-state index >= 15 is 0 Å². The highest BCUT2D eigenvalue weighted by molar-refractivity contribution is 7.92. The maximum atomic E-state index is 11.9. The molecule has 0 aliphatic carbocycles. The normalized spacial score (nSPS) is 11.0. The summed E-state index contributed by atoms with van der Waals surface area (Å²) in [5, 5.41) is 3.18. The molecule has 0 unspecified atom stereocenters. The average Bonchev–Trinajstić information content (AvgIpc) is 2.61. The number of unbranched alkanes of at least 4 members (excludes halogenated alkanes) is 1. The molecule has 1 aromatic heterocycles. The van der Waals surface area contributed by atoms with Gasteiger partial charge in [0.1, 0.15) is 17.3 Å². The molecule has 0 bridgehead atoms. The van der Waals surface area contributed by atoms with E-state index in [0.29, 0.717) is 29.4 Å². The van der Waals surface area contributed by atoms with E-state index in [1.807, 2.05) is 19.1 Å². The van der Waals surface area contributed by atoms with Gasteiger partial charge >= 0.3 is 0 Å². The third kappa shape index (κ3) is 5.53. The zero-order chi connectivity index (χ0) is 18.3. The van der Waals surface area contributed by atoms with E-state index in [0.717, 1.165) is 12.1 Å². The zero-order valence-electron chi connectivity index (χ0n) is 14.6. The van der Waals surface area contributed by atoms with Crippen LogP contribution in [0.25, 0.3) is 0 Å². The minimum Gasteiger partial charge on any atom is -0.497 e. The Balaban J connectivity index is 2.08. The number of methoxy groups -OCH3 is 2. The Morgan fingerprint density at radius 1 is 1.12 bits per heavy atom. The van der Waals surface area contributed by atoms with Crippen LogP contribution in [-0.2, 0) is 10.0 Å². The molecule has 2 N–H and O–H groups in total. The lowest BCUT2D eigenvalue weighted by Crippen LogP contribution is -2.17. The van der Waals surface area contributed by atoms with Crippen molar-refractivity contribution in [3.63, 3.8) is 0 Å². The van der Waals surface area contributed by atoms with Crippen LogP contribution in [0.15, 0.2) is 36.5 Å². The monoisotopic (exact) mass is 365 g/mol. The van der Waals surface area contributed by atoms with Crippen LogP contribution in [0.2, 0.25) is 0 Å². The topological polar surface area (TPSA) is 89.6 Å². The lowest BCUT2D eigenvalue weighted by molar-refractivity contribution is 0.395. The van der Waals surface area contributed by atoms with Crippen molar-refractivity contribution < 1.29 is 17.9 Å². The number of anilines is 3. The van der Waals surface area contributed by atoms with E-state index in [2.05, 4.69) is 15.0 Å². The molecule has 136 valence electrons. The highest BCUT2D eigenvalue weighted by atomic mass is 32.2. The molecule has 1 aromatic carbocycles. The van der Waals surface area contributed by atoms with Crippen molar-refractivity contribution in [2.45, 2.75) is 19.8 Å². The van der Waals surface area contributed by atoms with E-state index in [1.165, 1.54) is 0 Å². The number of ether oxygens (including phenoxy) is 2. The van der Waals surface area contributed by atoms with Gasteiger partial charge in [-0.15, -0.1) is 0 Å². The van der Waals surface area contributed by atoms with Gasteiger partial charge in [0.25, 0.3) is 0 Å². The van der Waals surface area contributed by atoms with Gasteiger partial charge in [-0.1, -0.05) is 13.3 Å². The van der Waals surface area contributed by atoms with Crippen molar-refractivity contribution in [1.29, 1.82) is 0 Å². The first-order valence-electron chi connectivity index (χ1n) is 7.93. The van der Waals surface area contributed by atoms with E-state index in [1.54, 1.807) is 38.6 Å². The first-order valence-corrected chi connectivity index (χ1v) is 9.58. The largest absolute Gasteiger partial charge is 0.497 e. The van der Waals surface area contributed by atoms with Crippen molar-refractivity contribution in [2.24, 2.45) is 0 Å². The average molecular weight is 365 g/mol. The van der Waals surface area contributed by atoms with Crippen LogP contribution in [0, 0.1) is 0 Å². The molecule has 0 atom stereocenters. The van der Waals surface area contributed by atoms with Gasteiger partial charge in [0, 0.05) is 6.07 Å². The molecule has 8 heteroatoms. The van der Waals surface area contributed by atoms with Crippen LogP contribution in [0.4, 0.5) is 17.2 Å². The highest BCUT2D eigenvalue weighted by Gasteiger charge is 2.11. The van der Waals surface area contributed by atoms with Gasteiger partial charge in [-0.05, 0) is 30.7 Å². The van der Waals surface area contributed by atoms with Crippen molar-refractivity contribution in [2.75, 3.05) is 30.0 Å². The van der Waals surface area contributed by atoms with Crippen molar-refractivity contribution in [3.8, 4) is 11.5 Å². The molecule has 2 rings (SSSR count). The molecule has 0 fully saturated rings. The van der Waals surface area contributed by atoms with Crippen LogP contribution in [0.1, 0.15) is 19.8 Å². The van der Waals surface area contributed by atoms with Crippen LogP contribution in [0.3, 0.4) is 0 Å². The predicted octanol–water partition coefficient (Wildman–Crippen LogP) is 3.38. The predicted molar refractivity (Wildman–Crippen MR) is 99.4 cm³/mol. The van der Waals surface area contributed by atoms with Gasteiger partial charge in [0.15, 0.2) is 0 Å². The first kappa shape index (κ1) is 18.9. The molecule has 0 aliphatic heterocycles. The van der Waals surface area contributed by atoms with Crippen LogP contribution >= 0.6 is 0 Å². The van der Waals surface area contributed by atoms with Gasteiger partial charge in [-0.2, -0.15) is 0 Å². The Kier molecular flexibility index (Phi) is 6.46. The number of benzene rings is 1. The summed E-state index contributed by atoms with van der Waals surface area (Å²) >= 11 is 0. The maximum absolute atomic E-state index is 11.9. The van der Waals surface area contributed by atoms with E-state index in [4.69, 9.17) is 9.47 Å². The number of sulfonamides is 1. The SMILES string of the molecule is CCCCS(=O)(=O)Nc1ccc(Nc2ccc(OC)cc2OC)cn1. The number of hydrogen-bond donors (Lipinski definition) is 2. The maximum Gasteiger partial charge on any atom is 0.233 e. The molecule has 0 aliphatic rings. The van der Waals surface area contributed by atoms with Crippen molar-refractivity contribution in [1.82, 2.24) is 4.98 Å². The summed E-state index contributed by atoms with van der Waals surface area (Å²) in [5.41, 5.74) is 1.46. The first-order chi connectivity index (χ1) is 12.0. The second kappa shape index (κ2) is 8.57. The Labute approximate surface area is 148 Å². The smallest absolute Gasteiger partial charge is 0.233 e. The van der Waals surface area contributed by atoms with Gasteiger partial charge in [0.05, 0.1) is 37.5 Å². The molecule has 0 saturated heterocycles. The summed E-state index contributed by atoms with van der Waals surface area (Å²) in [6, 6.07) is 8.77. The molecule has 0 saturated carbocycles. The molecule has 2 aromatic rings. The summed E-state index contributed by atoms with van der Waals surface area (Å²) in [4.78, 5) is 4.14. The van der Waals surface area contributed by atoms with Gasteiger partial charge in [-0.3, -0.25) is 4.72 Å². The molecule has 1 heterocycles. The van der Waals surface area contributed by atoms with E-state index in [-0.39, 0.29) is 5.75 Å². The summed E-state index contributed by atoms with van der Waals surface area (Å²) < 4.78 is 36.7. The molecule has 0 spiro atoms. The third-order valence-corrected chi connectivity index (χ3v) is 4.82. The van der Waals surface area contributed by atoms with Crippen molar-refractivity contribution in [3.05, 3.63) is 36.5 Å². The molecule has 7 nitrogen and oxygen atoms in total. The van der Waals surface area contributed by atoms with Gasteiger partial charge < -0.3 is 14.8 Å². The number of pyridine rings is 1. The fourth-order valence-electron chi connectivity index (χ4n) is 2.13. The minimum absolute atomic E-state index is 0.0915. The van der Waals surface area contributed by atoms with E-state index < -0.39 is 10.0 Å². The fourth-order valence-corrected chi connectivity index (χ4v) is 3.34. The third-order valence-electron chi connectivity index (χ3n) is 3.48. The second-order valence-electron chi connectivity index (χ2n) is 5.40. The summed E-state index contributed by atoms with van der Waals surface area (Å²) in [6.45, 7) is 1.95. The summed E-state index contributed by atoms with van der Waals surface area (Å²) in [6.07, 6.45) is 2.99. The second-order valence-corrected chi connectivity index (χ2v) is 7.24.